The number of rotatable bonds is 4. The van der Waals surface area contributed by atoms with Crippen molar-refractivity contribution in [2.75, 3.05) is 7.11 Å². The molecular weight excluding hydrogens is 300 g/mol. The molecule has 1 atom stereocenters. The molecule has 90 valence electrons. The number of nitrogens with two attached hydrogens (primary N) is 1. The van der Waals surface area contributed by atoms with Crippen LogP contribution in [0.5, 0.6) is 5.75 Å². The minimum Gasteiger partial charge on any atom is -0.496 e. The molecule has 2 aromatic rings. The zero-order chi connectivity index (χ0) is 12.3. The van der Waals surface area contributed by atoms with Crippen LogP contribution < -0.4 is 10.5 Å². The summed E-state index contributed by atoms with van der Waals surface area (Å²) in [6.45, 7) is 0. The summed E-state index contributed by atoms with van der Waals surface area (Å²) < 4.78 is 6.12. The van der Waals surface area contributed by atoms with Crippen LogP contribution in [0.25, 0.3) is 0 Å². The van der Waals surface area contributed by atoms with E-state index in [4.69, 9.17) is 10.5 Å². The zero-order valence-electron chi connectivity index (χ0n) is 9.39. The van der Waals surface area contributed by atoms with Gasteiger partial charge in [0.15, 0.2) is 0 Å². The second kappa shape index (κ2) is 5.62. The van der Waals surface area contributed by atoms with Gasteiger partial charge >= 0.3 is 0 Å². The molecule has 0 bridgehead atoms. The van der Waals surface area contributed by atoms with Gasteiger partial charge < -0.3 is 10.5 Å². The van der Waals surface area contributed by atoms with E-state index in [-0.39, 0.29) is 6.04 Å². The molecule has 1 heterocycles. The summed E-state index contributed by atoms with van der Waals surface area (Å²) in [7, 11) is 1.65. The first-order valence-corrected chi connectivity index (χ1v) is 6.84. The number of halogens is 1. The SMILES string of the molecule is COc1ccc(C(N)Cc2cncs2)cc1Br. The maximum atomic E-state index is 6.16. The van der Waals surface area contributed by atoms with Crippen molar-refractivity contribution >= 4 is 27.3 Å². The van der Waals surface area contributed by atoms with Crippen LogP contribution in [0, 0.1) is 0 Å². The molecule has 1 unspecified atom stereocenters. The number of ether oxygens (including phenoxy) is 1. The highest BCUT2D eigenvalue weighted by Crippen LogP contribution is 2.28. The Hall–Kier alpha value is -0.910. The smallest absolute Gasteiger partial charge is 0.133 e. The van der Waals surface area contributed by atoms with E-state index < -0.39 is 0 Å². The average molecular weight is 313 g/mol. The van der Waals surface area contributed by atoms with E-state index in [0.29, 0.717) is 0 Å². The van der Waals surface area contributed by atoms with Crippen LogP contribution in [0.4, 0.5) is 0 Å². The first-order chi connectivity index (χ1) is 8.20. The van der Waals surface area contributed by atoms with Crippen molar-refractivity contribution in [2.45, 2.75) is 12.5 Å². The number of nitrogens with zero attached hydrogens (tertiary/aromatic N) is 1. The quantitative estimate of drug-likeness (QED) is 0.943. The highest BCUT2D eigenvalue weighted by molar-refractivity contribution is 9.10. The fourth-order valence-electron chi connectivity index (χ4n) is 1.59. The van der Waals surface area contributed by atoms with Crippen LogP contribution in [0.2, 0.25) is 0 Å². The average Bonchev–Trinajstić information content (AvgIpc) is 2.81. The number of thiazole rings is 1. The molecule has 0 radical (unpaired) electrons. The van der Waals surface area contributed by atoms with Crippen LogP contribution in [-0.4, -0.2) is 12.1 Å². The maximum Gasteiger partial charge on any atom is 0.133 e. The summed E-state index contributed by atoms with van der Waals surface area (Å²) in [5, 5.41) is 0. The van der Waals surface area contributed by atoms with Gasteiger partial charge in [-0.1, -0.05) is 6.07 Å². The van der Waals surface area contributed by atoms with Crippen molar-refractivity contribution in [3.05, 3.63) is 44.8 Å². The lowest BCUT2D eigenvalue weighted by Gasteiger charge is -2.12. The third-order valence-corrected chi connectivity index (χ3v) is 3.93. The largest absolute Gasteiger partial charge is 0.496 e. The first kappa shape index (κ1) is 12.5. The van der Waals surface area contributed by atoms with Crippen LogP contribution in [0.15, 0.2) is 34.4 Å². The topological polar surface area (TPSA) is 48.1 Å². The molecule has 17 heavy (non-hydrogen) atoms. The Morgan fingerprint density at radius 2 is 2.35 bits per heavy atom. The molecule has 2 N–H and O–H groups in total. The molecule has 0 amide bonds. The Bertz CT molecular complexity index is 487. The molecule has 0 aliphatic carbocycles. The van der Waals surface area contributed by atoms with Gasteiger partial charge in [0.1, 0.15) is 5.75 Å². The maximum absolute atomic E-state index is 6.16. The third-order valence-electron chi connectivity index (χ3n) is 2.51. The van der Waals surface area contributed by atoms with Gasteiger partial charge in [-0.25, -0.2) is 0 Å². The summed E-state index contributed by atoms with van der Waals surface area (Å²) >= 11 is 5.09. The molecule has 5 heteroatoms. The van der Waals surface area contributed by atoms with E-state index >= 15 is 0 Å². The minimum atomic E-state index is -0.0161. The fraction of sp³-hybridized carbons (Fsp3) is 0.250. The zero-order valence-corrected chi connectivity index (χ0v) is 11.8. The number of aromatic nitrogens is 1. The Labute approximate surface area is 113 Å². The number of methoxy groups -OCH3 is 1. The van der Waals surface area contributed by atoms with Crippen molar-refractivity contribution in [3.8, 4) is 5.75 Å². The standard InChI is InChI=1S/C12H13BrN2OS/c1-16-12-3-2-8(4-10(12)13)11(14)5-9-6-15-7-17-9/h2-4,6-7,11H,5,14H2,1H3. The number of hydrogen-bond acceptors (Lipinski definition) is 4. The van der Waals surface area contributed by atoms with Crippen molar-refractivity contribution in [1.29, 1.82) is 0 Å². The molecule has 0 spiro atoms. The normalized spacial score (nSPS) is 12.4. The van der Waals surface area contributed by atoms with Gasteiger partial charge in [-0.15, -0.1) is 11.3 Å². The molecule has 1 aromatic heterocycles. The van der Waals surface area contributed by atoms with Gasteiger partial charge in [-0.2, -0.15) is 0 Å². The van der Waals surface area contributed by atoms with Gasteiger partial charge in [0, 0.05) is 23.5 Å². The van der Waals surface area contributed by atoms with E-state index in [1.165, 1.54) is 4.88 Å². The molecular formula is C12H13BrN2OS. The second-order valence-corrected chi connectivity index (χ2v) is 5.50. The summed E-state index contributed by atoms with van der Waals surface area (Å²) in [4.78, 5) is 5.25. The molecule has 3 nitrogen and oxygen atoms in total. The summed E-state index contributed by atoms with van der Waals surface area (Å²) in [5.41, 5.74) is 9.08. The molecule has 0 saturated heterocycles. The molecule has 0 saturated carbocycles. The predicted octanol–water partition coefficient (Wildman–Crippen LogP) is 3.16. The van der Waals surface area contributed by atoms with E-state index in [0.717, 1.165) is 22.2 Å². The second-order valence-electron chi connectivity index (χ2n) is 3.67. The Morgan fingerprint density at radius 1 is 1.53 bits per heavy atom. The van der Waals surface area contributed by atoms with Crippen LogP contribution >= 0.6 is 27.3 Å². The summed E-state index contributed by atoms with van der Waals surface area (Å²) in [6.07, 6.45) is 2.67. The molecule has 2 rings (SSSR count). The van der Waals surface area contributed by atoms with E-state index in [1.54, 1.807) is 18.4 Å². The van der Waals surface area contributed by atoms with Crippen molar-refractivity contribution in [2.24, 2.45) is 5.73 Å². The van der Waals surface area contributed by atoms with Gasteiger partial charge in [0.25, 0.3) is 0 Å². The molecule has 0 aliphatic rings. The van der Waals surface area contributed by atoms with Gasteiger partial charge in [-0.05, 0) is 33.6 Å². The summed E-state index contributed by atoms with van der Waals surface area (Å²) in [6, 6.07) is 5.91. The van der Waals surface area contributed by atoms with Crippen LogP contribution in [-0.2, 0) is 6.42 Å². The van der Waals surface area contributed by atoms with Gasteiger partial charge in [-0.3, -0.25) is 4.98 Å². The highest BCUT2D eigenvalue weighted by Gasteiger charge is 2.10. The minimum absolute atomic E-state index is 0.0161. The monoisotopic (exact) mass is 312 g/mol. The van der Waals surface area contributed by atoms with E-state index in [1.807, 2.05) is 29.9 Å². The van der Waals surface area contributed by atoms with Crippen molar-refractivity contribution < 1.29 is 4.74 Å². The third kappa shape index (κ3) is 3.06. The lowest BCUT2D eigenvalue weighted by Crippen LogP contribution is -2.12. The fourth-order valence-corrected chi connectivity index (χ4v) is 2.80. The van der Waals surface area contributed by atoms with E-state index in [9.17, 15) is 0 Å². The number of hydrogen-bond donors (Lipinski definition) is 1. The molecule has 0 aliphatic heterocycles. The lowest BCUT2D eigenvalue weighted by molar-refractivity contribution is 0.412. The Morgan fingerprint density at radius 3 is 2.94 bits per heavy atom. The van der Waals surface area contributed by atoms with E-state index in [2.05, 4.69) is 20.9 Å². The highest BCUT2D eigenvalue weighted by atomic mass is 79.9. The predicted molar refractivity (Wildman–Crippen MR) is 73.4 cm³/mol. The molecule has 0 fully saturated rings. The Kier molecular flexibility index (Phi) is 4.15. The first-order valence-electron chi connectivity index (χ1n) is 5.17. The summed E-state index contributed by atoms with van der Waals surface area (Å²) in [5.74, 6) is 0.818. The molecule has 1 aromatic carbocycles. The van der Waals surface area contributed by atoms with Crippen LogP contribution in [0.3, 0.4) is 0 Å². The van der Waals surface area contributed by atoms with Crippen molar-refractivity contribution in [1.82, 2.24) is 4.98 Å². The van der Waals surface area contributed by atoms with Gasteiger partial charge in [0.2, 0.25) is 0 Å². The van der Waals surface area contributed by atoms with Gasteiger partial charge in [0.05, 0.1) is 17.1 Å². The van der Waals surface area contributed by atoms with Crippen LogP contribution in [0.1, 0.15) is 16.5 Å². The Balaban J connectivity index is 2.14. The van der Waals surface area contributed by atoms with Crippen molar-refractivity contribution in [3.63, 3.8) is 0 Å². The number of benzene rings is 1. The lowest BCUT2D eigenvalue weighted by atomic mass is 10.0.